The molecule has 0 aromatic carbocycles. The van der Waals surface area contributed by atoms with E-state index in [2.05, 4.69) is 0 Å². The highest BCUT2D eigenvalue weighted by Gasteiger charge is 2.47. The number of ketones is 3. The van der Waals surface area contributed by atoms with E-state index in [9.17, 15) is 14.4 Å². The van der Waals surface area contributed by atoms with E-state index in [1.54, 1.807) is 0 Å². The van der Waals surface area contributed by atoms with Crippen LogP contribution >= 0.6 is 0 Å². The van der Waals surface area contributed by atoms with E-state index < -0.39 is 23.0 Å². The highest BCUT2D eigenvalue weighted by atomic mass is 16.3. The van der Waals surface area contributed by atoms with E-state index in [0.717, 1.165) is 6.92 Å². The van der Waals surface area contributed by atoms with Crippen molar-refractivity contribution >= 4 is 17.3 Å². The zero-order valence-electron chi connectivity index (χ0n) is 5.38. The van der Waals surface area contributed by atoms with Crippen LogP contribution in [0, 0.1) is 0 Å². The molecule has 10 heavy (non-hydrogen) atoms. The van der Waals surface area contributed by atoms with Crippen molar-refractivity contribution in [3.8, 4) is 0 Å². The molecule has 0 radical (unpaired) electrons. The van der Waals surface area contributed by atoms with E-state index in [1.807, 2.05) is 0 Å². The molecule has 0 aromatic rings. The van der Waals surface area contributed by atoms with Gasteiger partial charge in [0.2, 0.25) is 11.6 Å². The monoisotopic (exact) mass is 142 g/mol. The molecule has 0 saturated heterocycles. The van der Waals surface area contributed by atoms with Gasteiger partial charge in [-0.05, 0) is 6.92 Å². The van der Waals surface area contributed by atoms with Crippen molar-refractivity contribution in [2.24, 2.45) is 0 Å². The summed E-state index contributed by atoms with van der Waals surface area (Å²) in [5.74, 6) is -2.86. The number of rotatable bonds is 0. The van der Waals surface area contributed by atoms with Crippen LogP contribution in [-0.4, -0.2) is 28.1 Å². The van der Waals surface area contributed by atoms with Crippen LogP contribution < -0.4 is 0 Å². The number of carbonyl (C=O) groups is 3. The van der Waals surface area contributed by atoms with Gasteiger partial charge >= 0.3 is 0 Å². The van der Waals surface area contributed by atoms with Gasteiger partial charge in [-0.15, -0.1) is 0 Å². The third kappa shape index (κ3) is 0.769. The fraction of sp³-hybridized carbons (Fsp3) is 0.500. The zero-order chi connectivity index (χ0) is 7.94. The summed E-state index contributed by atoms with van der Waals surface area (Å²) < 4.78 is 0. The van der Waals surface area contributed by atoms with Crippen LogP contribution in [0.3, 0.4) is 0 Å². The van der Waals surface area contributed by atoms with Gasteiger partial charge in [0.05, 0.1) is 6.42 Å². The van der Waals surface area contributed by atoms with Gasteiger partial charge in [-0.2, -0.15) is 0 Å². The maximum absolute atomic E-state index is 10.6. The zero-order valence-corrected chi connectivity index (χ0v) is 5.38. The van der Waals surface area contributed by atoms with Gasteiger partial charge < -0.3 is 5.11 Å². The van der Waals surface area contributed by atoms with Crippen molar-refractivity contribution in [3.05, 3.63) is 0 Å². The lowest BCUT2D eigenvalue weighted by Gasteiger charge is -2.08. The molecule has 0 aromatic heterocycles. The fourth-order valence-electron chi connectivity index (χ4n) is 0.844. The average Bonchev–Trinajstić information content (AvgIpc) is 1.95. The summed E-state index contributed by atoms with van der Waals surface area (Å²) in [5.41, 5.74) is -1.74. The molecule has 0 aliphatic heterocycles. The lowest BCUT2D eigenvalue weighted by molar-refractivity contribution is -0.143. The molecule has 1 N–H and O–H groups in total. The molecule has 1 saturated carbocycles. The highest BCUT2D eigenvalue weighted by Crippen LogP contribution is 2.19. The molecule has 1 rings (SSSR count). The number of hydrogen-bond acceptors (Lipinski definition) is 4. The maximum Gasteiger partial charge on any atom is 0.267 e. The van der Waals surface area contributed by atoms with Crippen LogP contribution in [0.4, 0.5) is 0 Å². The molecule has 54 valence electrons. The van der Waals surface area contributed by atoms with Crippen molar-refractivity contribution < 1.29 is 19.5 Å². The van der Waals surface area contributed by atoms with E-state index in [-0.39, 0.29) is 6.42 Å². The predicted octanol–water partition coefficient (Wildman–Crippen LogP) is -1.15. The molecule has 0 bridgehead atoms. The molecule has 1 atom stereocenters. The topological polar surface area (TPSA) is 71.4 Å². The van der Waals surface area contributed by atoms with E-state index in [1.165, 1.54) is 0 Å². The predicted molar refractivity (Wildman–Crippen MR) is 30.3 cm³/mol. The van der Waals surface area contributed by atoms with Crippen LogP contribution in [-0.2, 0) is 14.4 Å². The quantitative estimate of drug-likeness (QED) is 0.433. The van der Waals surface area contributed by atoms with Crippen molar-refractivity contribution in [2.75, 3.05) is 0 Å². The smallest absolute Gasteiger partial charge is 0.267 e. The molecule has 0 heterocycles. The summed E-state index contributed by atoms with van der Waals surface area (Å²) in [7, 11) is 0. The molecule has 1 aliphatic rings. The summed E-state index contributed by atoms with van der Waals surface area (Å²) in [4.78, 5) is 31.5. The Morgan fingerprint density at radius 3 is 2.00 bits per heavy atom. The first-order valence-corrected chi connectivity index (χ1v) is 2.79. The first-order chi connectivity index (χ1) is 4.45. The van der Waals surface area contributed by atoms with Gasteiger partial charge in [-0.25, -0.2) is 0 Å². The summed E-state index contributed by atoms with van der Waals surface area (Å²) in [5, 5.41) is 9.01. The molecule has 0 spiro atoms. The van der Waals surface area contributed by atoms with Gasteiger partial charge in [0.1, 0.15) is 5.60 Å². The average molecular weight is 142 g/mol. The van der Waals surface area contributed by atoms with Crippen LogP contribution in [0.1, 0.15) is 13.3 Å². The largest absolute Gasteiger partial charge is 0.381 e. The van der Waals surface area contributed by atoms with Crippen LogP contribution in [0.5, 0.6) is 0 Å². The van der Waals surface area contributed by atoms with Crippen molar-refractivity contribution in [3.63, 3.8) is 0 Å². The molecule has 1 unspecified atom stereocenters. The van der Waals surface area contributed by atoms with Crippen molar-refractivity contribution in [2.45, 2.75) is 18.9 Å². The number of carbonyl (C=O) groups excluding carboxylic acids is 3. The minimum Gasteiger partial charge on any atom is -0.381 e. The Balaban J connectivity index is 3.04. The molecule has 1 aliphatic carbocycles. The molecule has 4 nitrogen and oxygen atoms in total. The SMILES string of the molecule is CC1(O)CC(=O)C(=O)C1=O. The van der Waals surface area contributed by atoms with E-state index >= 15 is 0 Å². The Labute approximate surface area is 56.8 Å². The Hall–Kier alpha value is -1.03. The van der Waals surface area contributed by atoms with Gasteiger partial charge in [0.25, 0.3) is 5.78 Å². The van der Waals surface area contributed by atoms with Crippen molar-refractivity contribution in [1.29, 1.82) is 0 Å². The number of hydrogen-bond donors (Lipinski definition) is 1. The fourth-order valence-corrected chi connectivity index (χ4v) is 0.844. The molecule has 0 amide bonds. The normalized spacial score (nSPS) is 33.6. The van der Waals surface area contributed by atoms with E-state index in [0.29, 0.717) is 0 Å². The first kappa shape index (κ1) is 7.08. The van der Waals surface area contributed by atoms with Gasteiger partial charge in [-0.3, -0.25) is 14.4 Å². The lowest BCUT2D eigenvalue weighted by Crippen LogP contribution is -2.31. The van der Waals surface area contributed by atoms with Gasteiger partial charge in [0.15, 0.2) is 0 Å². The number of aliphatic hydroxyl groups is 1. The van der Waals surface area contributed by atoms with Crippen LogP contribution in [0.2, 0.25) is 0 Å². The van der Waals surface area contributed by atoms with Gasteiger partial charge in [-0.1, -0.05) is 0 Å². The Bertz CT molecular complexity index is 226. The third-order valence-corrected chi connectivity index (χ3v) is 1.45. The summed E-state index contributed by atoms with van der Waals surface area (Å²) in [6, 6.07) is 0. The minimum atomic E-state index is -1.74. The summed E-state index contributed by atoms with van der Waals surface area (Å²) >= 11 is 0. The Morgan fingerprint density at radius 2 is 1.90 bits per heavy atom. The first-order valence-electron chi connectivity index (χ1n) is 2.79. The minimum absolute atomic E-state index is 0.370. The second-order valence-electron chi connectivity index (χ2n) is 2.53. The summed E-state index contributed by atoms with van der Waals surface area (Å²) in [6.45, 7) is 1.16. The molecular weight excluding hydrogens is 136 g/mol. The Kier molecular flexibility index (Phi) is 1.22. The summed E-state index contributed by atoms with van der Waals surface area (Å²) in [6.07, 6.45) is -0.370. The standard InChI is InChI=1S/C6H6O4/c1-6(10)2-3(7)4(8)5(6)9/h10H,2H2,1H3. The number of Topliss-reactive ketones (excluding diaryl/α,β-unsaturated/α-hetero) is 3. The maximum atomic E-state index is 10.6. The second-order valence-corrected chi connectivity index (χ2v) is 2.53. The van der Waals surface area contributed by atoms with Crippen LogP contribution in [0.15, 0.2) is 0 Å². The lowest BCUT2D eigenvalue weighted by atomic mass is 10.1. The van der Waals surface area contributed by atoms with Crippen molar-refractivity contribution in [1.82, 2.24) is 0 Å². The Morgan fingerprint density at radius 1 is 1.40 bits per heavy atom. The molecular formula is C6H6O4. The molecule has 1 fully saturated rings. The van der Waals surface area contributed by atoms with E-state index in [4.69, 9.17) is 5.11 Å². The van der Waals surface area contributed by atoms with Gasteiger partial charge in [0, 0.05) is 0 Å². The second kappa shape index (κ2) is 1.73. The van der Waals surface area contributed by atoms with Crippen LogP contribution in [0.25, 0.3) is 0 Å². The molecule has 4 heteroatoms. The highest BCUT2D eigenvalue weighted by molar-refractivity contribution is 6.69. The third-order valence-electron chi connectivity index (χ3n) is 1.45.